The highest BCUT2D eigenvalue weighted by Gasteiger charge is 2.37. The molecule has 0 radical (unpaired) electrons. The standard InChI is InChI=1S/C7H13NO2/c9-6-2-1-5-7(6)10-4-3-8-5/h5-9H,1-4H2. The van der Waals surface area contributed by atoms with E-state index in [1.807, 2.05) is 0 Å². The minimum Gasteiger partial charge on any atom is -0.390 e. The number of hydrogen-bond acceptors (Lipinski definition) is 3. The Balaban J connectivity index is 2.01. The summed E-state index contributed by atoms with van der Waals surface area (Å²) in [5.41, 5.74) is 0. The van der Waals surface area contributed by atoms with Crippen molar-refractivity contribution in [3.05, 3.63) is 0 Å². The molecule has 2 aliphatic rings. The topological polar surface area (TPSA) is 41.5 Å². The van der Waals surface area contributed by atoms with Crippen LogP contribution in [0, 0.1) is 0 Å². The van der Waals surface area contributed by atoms with Gasteiger partial charge in [-0.3, -0.25) is 0 Å². The van der Waals surface area contributed by atoms with E-state index in [1.165, 1.54) is 0 Å². The van der Waals surface area contributed by atoms with E-state index in [2.05, 4.69) is 5.32 Å². The van der Waals surface area contributed by atoms with Crippen LogP contribution in [-0.2, 0) is 4.74 Å². The Morgan fingerprint density at radius 1 is 1.40 bits per heavy atom. The normalized spacial score (nSPS) is 47.1. The first-order valence-corrected chi connectivity index (χ1v) is 3.91. The van der Waals surface area contributed by atoms with Gasteiger partial charge < -0.3 is 15.2 Å². The van der Waals surface area contributed by atoms with Crippen molar-refractivity contribution in [1.29, 1.82) is 0 Å². The Hall–Kier alpha value is -0.120. The predicted molar refractivity (Wildman–Crippen MR) is 36.8 cm³/mol. The molecule has 1 saturated heterocycles. The molecule has 3 heteroatoms. The Morgan fingerprint density at radius 2 is 2.30 bits per heavy atom. The zero-order valence-electron chi connectivity index (χ0n) is 5.92. The van der Waals surface area contributed by atoms with Crippen LogP contribution in [0.2, 0.25) is 0 Å². The Labute approximate surface area is 60.4 Å². The van der Waals surface area contributed by atoms with Crippen LogP contribution in [0.3, 0.4) is 0 Å². The monoisotopic (exact) mass is 143 g/mol. The van der Waals surface area contributed by atoms with Crippen molar-refractivity contribution in [1.82, 2.24) is 5.32 Å². The highest BCUT2D eigenvalue weighted by atomic mass is 16.5. The van der Waals surface area contributed by atoms with Crippen LogP contribution in [0.25, 0.3) is 0 Å². The fourth-order valence-corrected chi connectivity index (χ4v) is 1.83. The van der Waals surface area contributed by atoms with Crippen molar-refractivity contribution in [2.24, 2.45) is 0 Å². The summed E-state index contributed by atoms with van der Waals surface area (Å²) in [6, 6.07) is 0.420. The number of aliphatic hydroxyl groups is 1. The van der Waals surface area contributed by atoms with Crippen LogP contribution in [0.15, 0.2) is 0 Å². The molecule has 1 saturated carbocycles. The fourth-order valence-electron chi connectivity index (χ4n) is 1.83. The molecule has 0 aromatic carbocycles. The molecule has 0 spiro atoms. The first-order chi connectivity index (χ1) is 4.88. The highest BCUT2D eigenvalue weighted by Crippen LogP contribution is 2.24. The lowest BCUT2D eigenvalue weighted by Crippen LogP contribution is -2.48. The summed E-state index contributed by atoms with van der Waals surface area (Å²) < 4.78 is 5.40. The average Bonchev–Trinajstić information content (AvgIpc) is 2.34. The summed E-state index contributed by atoms with van der Waals surface area (Å²) in [5.74, 6) is 0. The second-order valence-electron chi connectivity index (χ2n) is 3.04. The molecule has 3 atom stereocenters. The maximum absolute atomic E-state index is 9.36. The Bertz CT molecular complexity index is 127. The van der Waals surface area contributed by atoms with Crippen molar-refractivity contribution in [3.63, 3.8) is 0 Å². The van der Waals surface area contributed by atoms with E-state index in [9.17, 15) is 5.11 Å². The molecule has 2 rings (SSSR count). The molecule has 10 heavy (non-hydrogen) atoms. The molecule has 3 unspecified atom stereocenters. The molecule has 0 bridgehead atoms. The van der Waals surface area contributed by atoms with Crippen LogP contribution < -0.4 is 5.32 Å². The average molecular weight is 143 g/mol. The van der Waals surface area contributed by atoms with Crippen molar-refractivity contribution in [3.8, 4) is 0 Å². The number of rotatable bonds is 0. The van der Waals surface area contributed by atoms with Gasteiger partial charge in [-0.25, -0.2) is 0 Å². The number of ether oxygens (including phenoxy) is 1. The van der Waals surface area contributed by atoms with Gasteiger partial charge in [0.2, 0.25) is 0 Å². The van der Waals surface area contributed by atoms with Gasteiger partial charge in [-0.05, 0) is 12.8 Å². The first-order valence-electron chi connectivity index (χ1n) is 3.91. The summed E-state index contributed by atoms with van der Waals surface area (Å²) >= 11 is 0. The zero-order chi connectivity index (χ0) is 6.97. The molecule has 1 heterocycles. The van der Waals surface area contributed by atoms with Gasteiger partial charge in [0, 0.05) is 12.6 Å². The van der Waals surface area contributed by atoms with Gasteiger partial charge in [0.1, 0.15) is 0 Å². The second kappa shape index (κ2) is 2.49. The third kappa shape index (κ3) is 0.944. The van der Waals surface area contributed by atoms with Gasteiger partial charge in [-0.15, -0.1) is 0 Å². The molecular formula is C7H13NO2. The third-order valence-electron chi connectivity index (χ3n) is 2.37. The number of aliphatic hydroxyl groups excluding tert-OH is 1. The predicted octanol–water partition coefficient (Wildman–Crippen LogP) is -0.502. The van der Waals surface area contributed by atoms with Gasteiger partial charge in [-0.1, -0.05) is 0 Å². The summed E-state index contributed by atoms with van der Waals surface area (Å²) in [5, 5.41) is 12.7. The number of nitrogens with one attached hydrogen (secondary N) is 1. The van der Waals surface area contributed by atoms with Crippen molar-refractivity contribution < 1.29 is 9.84 Å². The van der Waals surface area contributed by atoms with E-state index in [4.69, 9.17) is 4.74 Å². The lowest BCUT2D eigenvalue weighted by molar-refractivity contribution is -0.0493. The van der Waals surface area contributed by atoms with Crippen molar-refractivity contribution in [2.75, 3.05) is 13.2 Å². The molecule has 2 fully saturated rings. The third-order valence-corrected chi connectivity index (χ3v) is 2.37. The summed E-state index contributed by atoms with van der Waals surface area (Å²) in [4.78, 5) is 0. The van der Waals surface area contributed by atoms with E-state index in [0.29, 0.717) is 6.04 Å². The van der Waals surface area contributed by atoms with Crippen molar-refractivity contribution in [2.45, 2.75) is 31.1 Å². The van der Waals surface area contributed by atoms with Crippen LogP contribution in [-0.4, -0.2) is 36.5 Å². The number of morpholine rings is 1. The fraction of sp³-hybridized carbons (Fsp3) is 1.00. The summed E-state index contributed by atoms with van der Waals surface area (Å²) in [6.07, 6.45) is 1.81. The SMILES string of the molecule is OC1CCC2NCCOC12. The molecule has 3 nitrogen and oxygen atoms in total. The van der Waals surface area contributed by atoms with Gasteiger partial charge in [-0.2, -0.15) is 0 Å². The number of hydrogen-bond donors (Lipinski definition) is 2. The van der Waals surface area contributed by atoms with Crippen LogP contribution in [0.4, 0.5) is 0 Å². The summed E-state index contributed by atoms with van der Waals surface area (Å²) in [6.45, 7) is 1.69. The van der Waals surface area contributed by atoms with Crippen LogP contribution >= 0.6 is 0 Å². The largest absolute Gasteiger partial charge is 0.390 e. The minimum absolute atomic E-state index is 0.0775. The van der Waals surface area contributed by atoms with Gasteiger partial charge in [0.25, 0.3) is 0 Å². The molecule has 2 N–H and O–H groups in total. The molecule has 1 aliphatic carbocycles. The highest BCUT2D eigenvalue weighted by molar-refractivity contribution is 4.92. The zero-order valence-corrected chi connectivity index (χ0v) is 5.92. The van der Waals surface area contributed by atoms with E-state index in [0.717, 1.165) is 26.0 Å². The van der Waals surface area contributed by atoms with Gasteiger partial charge in [0.05, 0.1) is 18.8 Å². The Kier molecular flexibility index (Phi) is 1.64. The lowest BCUT2D eigenvalue weighted by atomic mass is 10.2. The Morgan fingerprint density at radius 3 is 3.10 bits per heavy atom. The van der Waals surface area contributed by atoms with E-state index in [1.54, 1.807) is 0 Å². The maximum atomic E-state index is 9.36. The van der Waals surface area contributed by atoms with E-state index in [-0.39, 0.29) is 12.2 Å². The number of fused-ring (bicyclic) bond motifs is 1. The quantitative estimate of drug-likeness (QED) is 0.480. The molecule has 0 amide bonds. The lowest BCUT2D eigenvalue weighted by Gasteiger charge is -2.28. The van der Waals surface area contributed by atoms with Crippen molar-refractivity contribution >= 4 is 0 Å². The summed E-state index contributed by atoms with van der Waals surface area (Å²) in [7, 11) is 0. The molecule has 0 aromatic rings. The second-order valence-corrected chi connectivity index (χ2v) is 3.04. The maximum Gasteiger partial charge on any atom is 0.0986 e. The molecule has 58 valence electrons. The smallest absolute Gasteiger partial charge is 0.0986 e. The van der Waals surface area contributed by atoms with Crippen LogP contribution in [0.1, 0.15) is 12.8 Å². The minimum atomic E-state index is -0.224. The molecule has 0 aromatic heterocycles. The molecule has 1 aliphatic heterocycles. The first kappa shape index (κ1) is 6.58. The van der Waals surface area contributed by atoms with Gasteiger partial charge in [0.15, 0.2) is 0 Å². The van der Waals surface area contributed by atoms with Gasteiger partial charge >= 0.3 is 0 Å². The van der Waals surface area contributed by atoms with E-state index < -0.39 is 0 Å². The van der Waals surface area contributed by atoms with Crippen LogP contribution in [0.5, 0.6) is 0 Å². The molecular weight excluding hydrogens is 130 g/mol. The van der Waals surface area contributed by atoms with E-state index >= 15 is 0 Å².